The summed E-state index contributed by atoms with van der Waals surface area (Å²) in [4.78, 5) is 0. The number of aliphatic hydroxyl groups is 2. The summed E-state index contributed by atoms with van der Waals surface area (Å²) >= 11 is 24.3. The van der Waals surface area contributed by atoms with E-state index in [1.54, 1.807) is 24.3 Å². The molecule has 0 saturated carbocycles. The maximum Gasteiger partial charge on any atom is 0.0711 e. The molecule has 0 fully saturated rings. The van der Waals surface area contributed by atoms with Crippen molar-refractivity contribution in [2.24, 2.45) is 0 Å². The van der Waals surface area contributed by atoms with Gasteiger partial charge in [0.2, 0.25) is 0 Å². The fourth-order valence-electron chi connectivity index (χ4n) is 1.84. The largest absolute Gasteiger partial charge is 0.392 e. The number of halogens is 4. The Kier molecular flexibility index (Phi) is 5.19. The van der Waals surface area contributed by atoms with Crippen molar-refractivity contribution in [3.63, 3.8) is 0 Å². The van der Waals surface area contributed by atoms with Crippen LogP contribution in [0.4, 0.5) is 0 Å². The zero-order valence-corrected chi connectivity index (χ0v) is 13.2. The van der Waals surface area contributed by atoms with E-state index in [0.29, 0.717) is 31.2 Å². The molecule has 20 heavy (non-hydrogen) atoms. The molecular formula is C14H10Cl4O2. The van der Waals surface area contributed by atoms with Crippen LogP contribution in [0.2, 0.25) is 20.1 Å². The standard InChI is InChI=1S/C14H10Cl4O2/c15-11-1-7(2-12(16)9(11)5-19)8-3-13(17)10(6-20)14(18)4-8/h1-4,19-20H,5-6H2. The van der Waals surface area contributed by atoms with E-state index in [4.69, 9.17) is 46.4 Å². The van der Waals surface area contributed by atoms with Crippen molar-refractivity contribution in [3.8, 4) is 11.1 Å². The van der Waals surface area contributed by atoms with Crippen molar-refractivity contribution >= 4 is 46.4 Å². The molecule has 6 heteroatoms. The van der Waals surface area contributed by atoms with Gasteiger partial charge < -0.3 is 10.2 Å². The lowest BCUT2D eigenvalue weighted by Crippen LogP contribution is -1.91. The van der Waals surface area contributed by atoms with E-state index in [-0.39, 0.29) is 13.2 Å². The maximum absolute atomic E-state index is 9.18. The molecule has 2 rings (SSSR count). The summed E-state index contributed by atoms with van der Waals surface area (Å²) in [5, 5.41) is 19.8. The van der Waals surface area contributed by atoms with E-state index in [0.717, 1.165) is 11.1 Å². The third kappa shape index (κ3) is 3.06. The molecule has 2 nitrogen and oxygen atoms in total. The highest BCUT2D eigenvalue weighted by molar-refractivity contribution is 6.37. The van der Waals surface area contributed by atoms with Gasteiger partial charge in [-0.2, -0.15) is 0 Å². The monoisotopic (exact) mass is 350 g/mol. The summed E-state index contributed by atoms with van der Waals surface area (Å²) in [6.45, 7) is -0.466. The second kappa shape index (κ2) is 6.52. The molecule has 0 radical (unpaired) electrons. The van der Waals surface area contributed by atoms with E-state index in [2.05, 4.69) is 0 Å². The van der Waals surface area contributed by atoms with Crippen LogP contribution < -0.4 is 0 Å². The van der Waals surface area contributed by atoms with Crippen molar-refractivity contribution in [2.75, 3.05) is 0 Å². The van der Waals surface area contributed by atoms with Crippen molar-refractivity contribution in [1.82, 2.24) is 0 Å². The first-order valence-corrected chi connectivity index (χ1v) is 7.17. The quantitative estimate of drug-likeness (QED) is 0.821. The molecule has 0 amide bonds. The van der Waals surface area contributed by atoms with Gasteiger partial charge in [-0.3, -0.25) is 0 Å². The van der Waals surface area contributed by atoms with Gasteiger partial charge in [0.1, 0.15) is 0 Å². The van der Waals surface area contributed by atoms with Gasteiger partial charge in [-0.15, -0.1) is 0 Å². The van der Waals surface area contributed by atoms with E-state index in [9.17, 15) is 10.2 Å². The van der Waals surface area contributed by atoms with Gasteiger partial charge in [-0.25, -0.2) is 0 Å². The Morgan fingerprint density at radius 3 is 1.05 bits per heavy atom. The van der Waals surface area contributed by atoms with Gasteiger partial charge in [0.05, 0.1) is 13.2 Å². The SMILES string of the molecule is OCc1c(Cl)cc(-c2cc(Cl)c(CO)c(Cl)c2)cc1Cl. The van der Waals surface area contributed by atoms with Gasteiger partial charge in [-0.1, -0.05) is 46.4 Å². The van der Waals surface area contributed by atoms with Gasteiger partial charge in [0, 0.05) is 31.2 Å². The summed E-state index contributed by atoms with van der Waals surface area (Å²) in [6.07, 6.45) is 0. The molecule has 0 unspecified atom stereocenters. The van der Waals surface area contributed by atoms with Gasteiger partial charge in [-0.05, 0) is 35.4 Å². The predicted molar refractivity (Wildman–Crippen MR) is 83.8 cm³/mol. The fraction of sp³-hybridized carbons (Fsp3) is 0.143. The normalized spacial score (nSPS) is 10.9. The number of benzene rings is 2. The predicted octanol–water partition coefficient (Wildman–Crippen LogP) is 4.95. The first-order valence-electron chi connectivity index (χ1n) is 5.65. The molecule has 0 heterocycles. The van der Waals surface area contributed by atoms with E-state index in [1.807, 2.05) is 0 Å². The van der Waals surface area contributed by atoms with Crippen molar-refractivity contribution < 1.29 is 10.2 Å². The molecule has 0 atom stereocenters. The Balaban J connectivity index is 2.58. The van der Waals surface area contributed by atoms with E-state index in [1.165, 1.54) is 0 Å². The molecule has 106 valence electrons. The summed E-state index contributed by atoms with van der Waals surface area (Å²) in [6, 6.07) is 6.72. The lowest BCUT2D eigenvalue weighted by Gasteiger charge is -2.11. The minimum Gasteiger partial charge on any atom is -0.392 e. The first-order chi connectivity index (χ1) is 9.47. The maximum atomic E-state index is 9.18. The Hall–Kier alpha value is -0.480. The van der Waals surface area contributed by atoms with E-state index >= 15 is 0 Å². The van der Waals surface area contributed by atoms with Crippen LogP contribution in [0.5, 0.6) is 0 Å². The fourth-order valence-corrected chi connectivity index (χ4v) is 3.05. The molecule has 0 bridgehead atoms. The van der Waals surface area contributed by atoms with Crippen molar-refractivity contribution in [2.45, 2.75) is 13.2 Å². The zero-order chi connectivity index (χ0) is 14.9. The molecule has 0 aliphatic carbocycles. The smallest absolute Gasteiger partial charge is 0.0711 e. The van der Waals surface area contributed by atoms with Crippen molar-refractivity contribution in [1.29, 1.82) is 0 Å². The lowest BCUT2D eigenvalue weighted by atomic mass is 10.0. The Morgan fingerprint density at radius 1 is 0.600 bits per heavy atom. The lowest BCUT2D eigenvalue weighted by molar-refractivity contribution is 0.282. The summed E-state index contributed by atoms with van der Waals surface area (Å²) in [5.74, 6) is 0. The highest BCUT2D eigenvalue weighted by atomic mass is 35.5. The second-order valence-corrected chi connectivity index (χ2v) is 5.78. The van der Waals surface area contributed by atoms with Crippen LogP contribution >= 0.6 is 46.4 Å². The zero-order valence-electron chi connectivity index (χ0n) is 10.1. The Labute approximate surface area is 136 Å². The van der Waals surface area contributed by atoms with Crippen LogP contribution in [0.25, 0.3) is 11.1 Å². The van der Waals surface area contributed by atoms with Gasteiger partial charge in [0.15, 0.2) is 0 Å². The highest BCUT2D eigenvalue weighted by Crippen LogP contribution is 2.36. The van der Waals surface area contributed by atoms with Crippen LogP contribution in [-0.4, -0.2) is 10.2 Å². The summed E-state index contributed by atoms with van der Waals surface area (Å²) in [7, 11) is 0. The minimum atomic E-state index is -0.233. The average Bonchev–Trinajstić information content (AvgIpc) is 2.37. The number of hydrogen-bond donors (Lipinski definition) is 2. The molecule has 2 aromatic rings. The molecule has 0 aliphatic heterocycles. The summed E-state index contributed by atoms with van der Waals surface area (Å²) < 4.78 is 0. The number of aliphatic hydroxyl groups excluding tert-OH is 2. The van der Waals surface area contributed by atoms with Crippen molar-refractivity contribution in [3.05, 3.63) is 55.5 Å². The molecular weight excluding hydrogens is 342 g/mol. The molecule has 0 saturated heterocycles. The first kappa shape index (κ1) is 15.9. The van der Waals surface area contributed by atoms with Gasteiger partial charge in [0.25, 0.3) is 0 Å². The second-order valence-electron chi connectivity index (χ2n) is 4.15. The van der Waals surface area contributed by atoms with Crippen LogP contribution in [0.15, 0.2) is 24.3 Å². The molecule has 2 N–H and O–H groups in total. The highest BCUT2D eigenvalue weighted by Gasteiger charge is 2.12. The van der Waals surface area contributed by atoms with Crippen LogP contribution in [0.1, 0.15) is 11.1 Å². The van der Waals surface area contributed by atoms with Crippen LogP contribution in [-0.2, 0) is 13.2 Å². The number of rotatable bonds is 3. The third-order valence-corrected chi connectivity index (χ3v) is 4.28. The third-order valence-electron chi connectivity index (χ3n) is 2.93. The molecule has 0 spiro atoms. The average molecular weight is 352 g/mol. The molecule has 2 aromatic carbocycles. The molecule has 0 aromatic heterocycles. The van der Waals surface area contributed by atoms with E-state index < -0.39 is 0 Å². The van der Waals surface area contributed by atoms with Crippen LogP contribution in [0.3, 0.4) is 0 Å². The molecule has 0 aliphatic rings. The van der Waals surface area contributed by atoms with Crippen LogP contribution in [0, 0.1) is 0 Å². The minimum absolute atomic E-state index is 0.233. The summed E-state index contributed by atoms with van der Waals surface area (Å²) in [5.41, 5.74) is 2.40. The Morgan fingerprint density at radius 2 is 0.850 bits per heavy atom. The van der Waals surface area contributed by atoms with Gasteiger partial charge >= 0.3 is 0 Å². The Bertz CT molecular complexity index is 552. The number of hydrogen-bond acceptors (Lipinski definition) is 2. The topological polar surface area (TPSA) is 40.5 Å².